The van der Waals surface area contributed by atoms with Gasteiger partial charge in [0, 0.05) is 11.1 Å². The van der Waals surface area contributed by atoms with E-state index in [1.807, 2.05) is 79.7 Å². The molecule has 3 aromatic rings. The van der Waals surface area contributed by atoms with E-state index >= 15 is 0 Å². The lowest BCUT2D eigenvalue weighted by Crippen LogP contribution is -2.03. The lowest BCUT2D eigenvalue weighted by Gasteiger charge is -2.10. The number of benzene rings is 3. The normalized spacial score (nSPS) is 10.3. The second kappa shape index (κ2) is 5.76. The Balaban J connectivity index is 2.14. The van der Waals surface area contributed by atoms with Crippen LogP contribution in [0, 0.1) is 6.92 Å². The third kappa shape index (κ3) is 2.77. The quantitative estimate of drug-likeness (QED) is 0.620. The number of ketones is 1. The molecule has 0 atom stereocenters. The first-order valence-electron chi connectivity index (χ1n) is 7.01. The van der Waals surface area contributed by atoms with Gasteiger partial charge in [-0.15, -0.1) is 0 Å². The summed E-state index contributed by atoms with van der Waals surface area (Å²) in [6.45, 7) is 2.04. The molecule has 0 saturated carbocycles. The van der Waals surface area contributed by atoms with Crippen LogP contribution in [0.1, 0.15) is 21.5 Å². The van der Waals surface area contributed by atoms with Crippen molar-refractivity contribution in [2.75, 3.05) is 0 Å². The standard InChI is InChI=1S/C20H16O/c1-15-12-13-18(20(21)17-10-6-3-7-11-17)19(14-15)16-8-4-2-5-9-16/h2-14H,1H3. The number of rotatable bonds is 3. The van der Waals surface area contributed by atoms with Gasteiger partial charge in [-0.1, -0.05) is 84.4 Å². The molecule has 0 bridgehead atoms. The van der Waals surface area contributed by atoms with Crippen LogP contribution in [-0.2, 0) is 0 Å². The van der Waals surface area contributed by atoms with Gasteiger partial charge in [-0.05, 0) is 18.1 Å². The first kappa shape index (κ1) is 13.3. The molecule has 21 heavy (non-hydrogen) atoms. The average Bonchev–Trinajstić information content (AvgIpc) is 2.56. The van der Waals surface area contributed by atoms with Crippen LogP contribution in [0.4, 0.5) is 0 Å². The maximum Gasteiger partial charge on any atom is 0.193 e. The van der Waals surface area contributed by atoms with Crippen LogP contribution < -0.4 is 0 Å². The second-order valence-electron chi connectivity index (χ2n) is 5.11. The highest BCUT2D eigenvalue weighted by Crippen LogP contribution is 2.26. The van der Waals surface area contributed by atoms with Gasteiger partial charge in [-0.2, -0.15) is 0 Å². The van der Waals surface area contributed by atoms with Crippen molar-refractivity contribution < 1.29 is 4.79 Å². The van der Waals surface area contributed by atoms with Crippen LogP contribution in [-0.4, -0.2) is 5.78 Å². The Morgan fingerprint density at radius 3 is 2.05 bits per heavy atom. The zero-order valence-corrected chi connectivity index (χ0v) is 11.9. The summed E-state index contributed by atoms with van der Waals surface area (Å²) >= 11 is 0. The van der Waals surface area contributed by atoms with E-state index < -0.39 is 0 Å². The molecule has 0 N–H and O–H groups in total. The molecule has 0 radical (unpaired) electrons. The molecule has 0 aliphatic heterocycles. The van der Waals surface area contributed by atoms with Gasteiger partial charge in [0.05, 0.1) is 0 Å². The largest absolute Gasteiger partial charge is 0.289 e. The second-order valence-corrected chi connectivity index (χ2v) is 5.11. The minimum absolute atomic E-state index is 0.0643. The molecule has 0 unspecified atom stereocenters. The Labute approximate surface area is 124 Å². The summed E-state index contributed by atoms with van der Waals surface area (Å²) in [5.41, 5.74) is 4.68. The smallest absolute Gasteiger partial charge is 0.193 e. The third-order valence-corrected chi connectivity index (χ3v) is 3.54. The van der Waals surface area contributed by atoms with Crippen molar-refractivity contribution in [2.24, 2.45) is 0 Å². The lowest BCUT2D eigenvalue weighted by molar-refractivity contribution is 0.103. The van der Waals surface area contributed by atoms with E-state index in [0.29, 0.717) is 0 Å². The molecule has 3 aromatic carbocycles. The van der Waals surface area contributed by atoms with Gasteiger partial charge in [0.2, 0.25) is 0 Å². The predicted molar refractivity (Wildman–Crippen MR) is 86.5 cm³/mol. The first-order chi connectivity index (χ1) is 10.3. The Morgan fingerprint density at radius 1 is 0.762 bits per heavy atom. The highest BCUT2D eigenvalue weighted by atomic mass is 16.1. The number of carbonyl (C=O) groups excluding carboxylic acids is 1. The third-order valence-electron chi connectivity index (χ3n) is 3.54. The Kier molecular flexibility index (Phi) is 3.65. The monoisotopic (exact) mass is 272 g/mol. The molecule has 0 amide bonds. The minimum atomic E-state index is 0.0643. The molecule has 3 rings (SSSR count). The van der Waals surface area contributed by atoms with Gasteiger partial charge < -0.3 is 0 Å². The molecular formula is C20H16O. The summed E-state index contributed by atoms with van der Waals surface area (Å²) in [5.74, 6) is 0.0643. The number of hydrogen-bond donors (Lipinski definition) is 0. The van der Waals surface area contributed by atoms with E-state index in [2.05, 4.69) is 6.07 Å². The molecule has 0 saturated heterocycles. The van der Waals surface area contributed by atoms with Crippen molar-refractivity contribution in [3.63, 3.8) is 0 Å². The molecule has 0 aliphatic rings. The van der Waals surface area contributed by atoms with Gasteiger partial charge in [-0.3, -0.25) is 4.79 Å². The fourth-order valence-corrected chi connectivity index (χ4v) is 2.46. The minimum Gasteiger partial charge on any atom is -0.289 e. The van der Waals surface area contributed by atoms with Gasteiger partial charge in [0.25, 0.3) is 0 Å². The van der Waals surface area contributed by atoms with Crippen LogP contribution in [0.2, 0.25) is 0 Å². The number of hydrogen-bond acceptors (Lipinski definition) is 1. The van der Waals surface area contributed by atoms with Gasteiger partial charge in [0.1, 0.15) is 0 Å². The van der Waals surface area contributed by atoms with E-state index in [1.165, 1.54) is 0 Å². The Morgan fingerprint density at radius 2 is 1.38 bits per heavy atom. The number of aryl methyl sites for hydroxylation is 1. The van der Waals surface area contributed by atoms with Crippen LogP contribution in [0.5, 0.6) is 0 Å². The maximum atomic E-state index is 12.8. The van der Waals surface area contributed by atoms with Crippen molar-refractivity contribution in [1.82, 2.24) is 0 Å². The zero-order valence-electron chi connectivity index (χ0n) is 11.9. The number of carbonyl (C=O) groups is 1. The molecule has 0 spiro atoms. The van der Waals surface area contributed by atoms with Crippen molar-refractivity contribution >= 4 is 5.78 Å². The first-order valence-corrected chi connectivity index (χ1v) is 7.01. The predicted octanol–water partition coefficient (Wildman–Crippen LogP) is 4.89. The lowest BCUT2D eigenvalue weighted by atomic mass is 9.92. The molecule has 102 valence electrons. The van der Waals surface area contributed by atoms with E-state index in [-0.39, 0.29) is 5.78 Å². The average molecular weight is 272 g/mol. The fraction of sp³-hybridized carbons (Fsp3) is 0.0500. The highest BCUT2D eigenvalue weighted by Gasteiger charge is 2.14. The molecule has 1 heteroatoms. The summed E-state index contributed by atoms with van der Waals surface area (Å²) < 4.78 is 0. The van der Waals surface area contributed by atoms with Crippen molar-refractivity contribution in [1.29, 1.82) is 0 Å². The summed E-state index contributed by atoms with van der Waals surface area (Å²) in [5, 5.41) is 0. The summed E-state index contributed by atoms with van der Waals surface area (Å²) in [4.78, 5) is 12.8. The van der Waals surface area contributed by atoms with Crippen LogP contribution >= 0.6 is 0 Å². The summed E-state index contributed by atoms with van der Waals surface area (Å²) in [6.07, 6.45) is 0. The van der Waals surface area contributed by atoms with E-state index in [4.69, 9.17) is 0 Å². The van der Waals surface area contributed by atoms with E-state index in [0.717, 1.165) is 27.8 Å². The van der Waals surface area contributed by atoms with Crippen LogP contribution in [0.25, 0.3) is 11.1 Å². The maximum absolute atomic E-state index is 12.8. The molecular weight excluding hydrogens is 256 g/mol. The van der Waals surface area contributed by atoms with Gasteiger partial charge >= 0.3 is 0 Å². The van der Waals surface area contributed by atoms with Crippen LogP contribution in [0.15, 0.2) is 78.9 Å². The van der Waals surface area contributed by atoms with E-state index in [1.54, 1.807) is 0 Å². The van der Waals surface area contributed by atoms with Crippen LogP contribution in [0.3, 0.4) is 0 Å². The fourth-order valence-electron chi connectivity index (χ4n) is 2.46. The van der Waals surface area contributed by atoms with Crippen molar-refractivity contribution in [2.45, 2.75) is 6.92 Å². The molecule has 0 aliphatic carbocycles. The van der Waals surface area contributed by atoms with E-state index in [9.17, 15) is 4.79 Å². The van der Waals surface area contributed by atoms with Gasteiger partial charge in [0.15, 0.2) is 5.78 Å². The SMILES string of the molecule is Cc1ccc(C(=O)c2ccccc2)c(-c2ccccc2)c1. The summed E-state index contributed by atoms with van der Waals surface area (Å²) in [7, 11) is 0. The molecule has 1 nitrogen and oxygen atoms in total. The zero-order chi connectivity index (χ0) is 14.7. The Bertz CT molecular complexity index is 758. The van der Waals surface area contributed by atoms with Crippen molar-refractivity contribution in [3.8, 4) is 11.1 Å². The highest BCUT2D eigenvalue weighted by molar-refractivity contribution is 6.12. The topological polar surface area (TPSA) is 17.1 Å². The van der Waals surface area contributed by atoms with Crippen molar-refractivity contribution in [3.05, 3.63) is 95.6 Å². The Hall–Kier alpha value is -2.67. The molecule has 0 heterocycles. The summed E-state index contributed by atoms with van der Waals surface area (Å²) in [6, 6.07) is 25.5. The van der Waals surface area contributed by atoms with Gasteiger partial charge in [-0.25, -0.2) is 0 Å². The molecule has 0 fully saturated rings. The molecule has 0 aromatic heterocycles.